The van der Waals surface area contributed by atoms with Gasteiger partial charge in [0.2, 0.25) is 5.95 Å². The second kappa shape index (κ2) is 3.73. The molecule has 0 aliphatic carbocycles. The third-order valence-electron chi connectivity index (χ3n) is 2.60. The van der Waals surface area contributed by atoms with E-state index in [2.05, 4.69) is 20.9 Å². The van der Waals surface area contributed by atoms with Gasteiger partial charge in [-0.3, -0.25) is 0 Å². The summed E-state index contributed by atoms with van der Waals surface area (Å²) in [5.41, 5.74) is 0. The van der Waals surface area contributed by atoms with Gasteiger partial charge in [-0.05, 0) is 15.9 Å². The van der Waals surface area contributed by atoms with Gasteiger partial charge < -0.3 is 9.47 Å². The highest BCUT2D eigenvalue weighted by Gasteiger charge is 2.35. The molecule has 1 saturated heterocycles. The van der Waals surface area contributed by atoms with Crippen LogP contribution >= 0.6 is 15.9 Å². The summed E-state index contributed by atoms with van der Waals surface area (Å²) in [5, 5.41) is 0. The minimum atomic E-state index is -2.50. The second-order valence-corrected chi connectivity index (χ2v) is 4.63. The quantitative estimate of drug-likeness (QED) is 0.787. The highest BCUT2D eigenvalue weighted by Crippen LogP contribution is 2.30. The van der Waals surface area contributed by atoms with Crippen LogP contribution in [-0.2, 0) is 7.05 Å². The number of hydrogen-bond acceptors (Lipinski definition) is 2. The Balaban J connectivity index is 2.11. The first kappa shape index (κ1) is 10.9. The SMILES string of the molecule is Cn1cc(Br)nc1N1CCC(F)(F)CC1. The fraction of sp³-hybridized carbons (Fsp3) is 0.667. The molecule has 0 N–H and O–H groups in total. The maximum atomic E-state index is 12.9. The van der Waals surface area contributed by atoms with E-state index in [1.807, 2.05) is 22.7 Å². The summed E-state index contributed by atoms with van der Waals surface area (Å²) in [4.78, 5) is 6.13. The molecule has 1 aromatic rings. The van der Waals surface area contributed by atoms with E-state index in [1.54, 1.807) is 0 Å². The topological polar surface area (TPSA) is 21.1 Å². The number of aromatic nitrogens is 2. The van der Waals surface area contributed by atoms with Gasteiger partial charge in [0.05, 0.1) is 0 Å². The Morgan fingerprint density at radius 3 is 2.47 bits per heavy atom. The predicted molar refractivity (Wildman–Crippen MR) is 57.3 cm³/mol. The first-order valence-corrected chi connectivity index (χ1v) is 5.59. The number of alkyl halides is 2. The van der Waals surface area contributed by atoms with Crippen molar-refractivity contribution in [1.29, 1.82) is 0 Å². The number of piperidine rings is 1. The van der Waals surface area contributed by atoms with Crippen molar-refractivity contribution >= 4 is 21.9 Å². The van der Waals surface area contributed by atoms with Crippen molar-refractivity contribution in [2.24, 2.45) is 7.05 Å². The molecule has 0 unspecified atom stereocenters. The molecule has 15 heavy (non-hydrogen) atoms. The zero-order valence-corrected chi connectivity index (χ0v) is 9.97. The largest absolute Gasteiger partial charge is 0.342 e. The van der Waals surface area contributed by atoms with Crippen molar-refractivity contribution in [3.05, 3.63) is 10.8 Å². The highest BCUT2D eigenvalue weighted by molar-refractivity contribution is 9.10. The number of nitrogens with zero attached hydrogens (tertiary/aromatic N) is 3. The van der Waals surface area contributed by atoms with Gasteiger partial charge in [0.1, 0.15) is 4.60 Å². The molecular formula is C9H12BrF2N3. The normalized spacial score (nSPS) is 20.7. The van der Waals surface area contributed by atoms with Gasteiger partial charge in [-0.15, -0.1) is 0 Å². The molecule has 1 aromatic heterocycles. The first-order valence-electron chi connectivity index (χ1n) is 4.80. The molecule has 0 atom stereocenters. The Labute approximate surface area is 95.2 Å². The molecule has 3 nitrogen and oxygen atoms in total. The number of rotatable bonds is 1. The van der Waals surface area contributed by atoms with Crippen molar-refractivity contribution in [3.8, 4) is 0 Å². The minimum Gasteiger partial charge on any atom is -0.342 e. The maximum absolute atomic E-state index is 12.9. The monoisotopic (exact) mass is 279 g/mol. The van der Waals surface area contributed by atoms with Gasteiger partial charge in [0.15, 0.2) is 0 Å². The standard InChI is InChI=1S/C9H12BrF2N3/c1-14-6-7(10)13-8(14)15-4-2-9(11,12)3-5-15/h6H,2-5H2,1H3. The van der Waals surface area contributed by atoms with E-state index in [1.165, 1.54) is 0 Å². The van der Waals surface area contributed by atoms with Crippen molar-refractivity contribution in [1.82, 2.24) is 9.55 Å². The summed E-state index contributed by atoms with van der Waals surface area (Å²) in [6.45, 7) is 0.731. The smallest absolute Gasteiger partial charge is 0.251 e. The first-order chi connectivity index (χ1) is 6.98. The molecule has 84 valence electrons. The number of hydrogen-bond donors (Lipinski definition) is 0. The minimum absolute atomic E-state index is 0.0858. The molecule has 1 aliphatic heterocycles. The summed E-state index contributed by atoms with van der Waals surface area (Å²) in [6.07, 6.45) is 1.65. The van der Waals surface area contributed by atoms with E-state index in [0.717, 1.165) is 10.6 Å². The Morgan fingerprint density at radius 2 is 2.00 bits per heavy atom. The average Bonchev–Trinajstić information content (AvgIpc) is 2.45. The van der Waals surface area contributed by atoms with Gasteiger partial charge in [-0.25, -0.2) is 13.8 Å². The van der Waals surface area contributed by atoms with E-state index >= 15 is 0 Å². The summed E-state index contributed by atoms with van der Waals surface area (Å²) < 4.78 is 28.4. The van der Waals surface area contributed by atoms with Crippen LogP contribution in [0.1, 0.15) is 12.8 Å². The Bertz CT molecular complexity index is 354. The van der Waals surface area contributed by atoms with E-state index < -0.39 is 5.92 Å². The molecule has 2 heterocycles. The molecule has 0 spiro atoms. The fourth-order valence-electron chi connectivity index (χ4n) is 1.75. The molecule has 6 heteroatoms. The lowest BCUT2D eigenvalue weighted by atomic mass is 10.1. The second-order valence-electron chi connectivity index (χ2n) is 3.82. The van der Waals surface area contributed by atoms with Gasteiger partial charge in [0.25, 0.3) is 5.92 Å². The lowest BCUT2D eigenvalue weighted by Crippen LogP contribution is -2.40. The molecule has 1 aliphatic rings. The van der Waals surface area contributed by atoms with Crippen molar-refractivity contribution in [3.63, 3.8) is 0 Å². The fourth-order valence-corrected chi connectivity index (χ4v) is 2.21. The molecule has 0 saturated carbocycles. The Morgan fingerprint density at radius 1 is 1.40 bits per heavy atom. The Kier molecular flexibility index (Phi) is 2.70. The van der Waals surface area contributed by atoms with Crippen LogP contribution in [-0.4, -0.2) is 28.6 Å². The maximum Gasteiger partial charge on any atom is 0.251 e. The van der Waals surface area contributed by atoms with Crippen molar-refractivity contribution in [2.45, 2.75) is 18.8 Å². The molecule has 0 bridgehead atoms. The molecule has 0 amide bonds. The predicted octanol–water partition coefficient (Wildman–Crippen LogP) is 2.42. The van der Waals surface area contributed by atoms with Crippen molar-refractivity contribution < 1.29 is 8.78 Å². The van der Waals surface area contributed by atoms with Gasteiger partial charge in [-0.1, -0.05) is 0 Å². The van der Waals surface area contributed by atoms with Crippen LogP contribution in [0.3, 0.4) is 0 Å². The summed E-state index contributed by atoms with van der Waals surface area (Å²) in [7, 11) is 1.86. The molecule has 2 rings (SSSR count). The summed E-state index contributed by atoms with van der Waals surface area (Å²) >= 11 is 3.27. The summed E-state index contributed by atoms with van der Waals surface area (Å²) in [6, 6.07) is 0. The number of aryl methyl sites for hydroxylation is 1. The van der Waals surface area contributed by atoms with Crippen LogP contribution in [0.15, 0.2) is 10.8 Å². The highest BCUT2D eigenvalue weighted by atomic mass is 79.9. The van der Waals surface area contributed by atoms with E-state index in [-0.39, 0.29) is 12.8 Å². The lowest BCUT2D eigenvalue weighted by molar-refractivity contribution is -0.0223. The zero-order valence-electron chi connectivity index (χ0n) is 8.38. The lowest BCUT2D eigenvalue weighted by Gasteiger charge is -2.32. The zero-order chi connectivity index (χ0) is 11.1. The van der Waals surface area contributed by atoms with E-state index in [9.17, 15) is 8.78 Å². The van der Waals surface area contributed by atoms with Crippen LogP contribution in [0, 0.1) is 0 Å². The summed E-state index contributed by atoms with van der Waals surface area (Å²) in [5.74, 6) is -1.75. The van der Waals surface area contributed by atoms with Gasteiger partial charge in [0, 0.05) is 39.2 Å². The average molecular weight is 280 g/mol. The van der Waals surface area contributed by atoms with E-state index in [4.69, 9.17) is 0 Å². The molecular weight excluding hydrogens is 268 g/mol. The number of anilines is 1. The Hall–Kier alpha value is -0.650. The van der Waals surface area contributed by atoms with Crippen LogP contribution in [0.25, 0.3) is 0 Å². The van der Waals surface area contributed by atoms with Crippen LogP contribution in [0.4, 0.5) is 14.7 Å². The molecule has 0 aromatic carbocycles. The molecule has 0 radical (unpaired) electrons. The third-order valence-corrected chi connectivity index (χ3v) is 2.98. The van der Waals surface area contributed by atoms with E-state index in [0.29, 0.717) is 13.1 Å². The molecule has 1 fully saturated rings. The number of imidazole rings is 1. The van der Waals surface area contributed by atoms with Gasteiger partial charge >= 0.3 is 0 Å². The van der Waals surface area contributed by atoms with Gasteiger partial charge in [-0.2, -0.15) is 0 Å². The number of halogens is 3. The van der Waals surface area contributed by atoms with Crippen molar-refractivity contribution in [2.75, 3.05) is 18.0 Å². The van der Waals surface area contributed by atoms with Crippen LogP contribution in [0.2, 0.25) is 0 Å². The van der Waals surface area contributed by atoms with Crippen LogP contribution < -0.4 is 4.90 Å². The van der Waals surface area contributed by atoms with Crippen LogP contribution in [0.5, 0.6) is 0 Å². The third kappa shape index (κ3) is 2.30.